The summed E-state index contributed by atoms with van der Waals surface area (Å²) in [6, 6.07) is 0. The van der Waals surface area contributed by atoms with Crippen molar-refractivity contribution >= 4 is 11.5 Å². The molecule has 1 aromatic heterocycles. The highest BCUT2D eigenvalue weighted by Crippen LogP contribution is 2.23. The van der Waals surface area contributed by atoms with Crippen molar-refractivity contribution in [1.29, 1.82) is 0 Å². The number of rotatable bonds is 6. The van der Waals surface area contributed by atoms with Crippen LogP contribution in [0.15, 0.2) is 12.5 Å². The van der Waals surface area contributed by atoms with Crippen LogP contribution in [0.3, 0.4) is 0 Å². The lowest BCUT2D eigenvalue weighted by molar-refractivity contribution is 0.248. The van der Waals surface area contributed by atoms with Gasteiger partial charge in [-0.3, -0.25) is 0 Å². The van der Waals surface area contributed by atoms with Gasteiger partial charge in [0.1, 0.15) is 6.33 Å². The van der Waals surface area contributed by atoms with Gasteiger partial charge in [0.2, 0.25) is 0 Å². The third kappa shape index (κ3) is 4.02. The Balaban J connectivity index is 2.47. The molecule has 0 amide bonds. The van der Waals surface area contributed by atoms with E-state index in [1.807, 2.05) is 0 Å². The van der Waals surface area contributed by atoms with Gasteiger partial charge in [-0.25, -0.2) is 9.97 Å². The number of nitrogens with two attached hydrogens (primary N) is 1. The molecule has 1 heterocycles. The Morgan fingerprint density at radius 2 is 2.25 bits per heavy atom. The molecule has 0 unspecified atom stereocenters. The van der Waals surface area contributed by atoms with Gasteiger partial charge in [0.25, 0.3) is 0 Å². The summed E-state index contributed by atoms with van der Waals surface area (Å²) in [6.45, 7) is 5.30. The molecule has 4 N–H and O–H groups in total. The van der Waals surface area contributed by atoms with E-state index in [1.165, 1.54) is 6.33 Å². The van der Waals surface area contributed by atoms with Crippen LogP contribution in [0.25, 0.3) is 0 Å². The van der Waals surface area contributed by atoms with Crippen molar-refractivity contribution in [3.63, 3.8) is 0 Å². The molecule has 1 aromatic rings. The van der Waals surface area contributed by atoms with Crippen molar-refractivity contribution in [2.24, 2.45) is 5.41 Å². The van der Waals surface area contributed by atoms with Crippen molar-refractivity contribution in [2.75, 3.05) is 24.2 Å². The Labute approximate surface area is 96.1 Å². The minimum absolute atomic E-state index is 0.111. The Morgan fingerprint density at radius 3 is 2.88 bits per heavy atom. The number of hydrogen-bond donors (Lipinski definition) is 3. The first kappa shape index (κ1) is 12.7. The Hall–Kier alpha value is -1.36. The maximum Gasteiger partial charge on any atom is 0.152 e. The lowest BCUT2D eigenvalue weighted by atomic mass is 9.88. The predicted molar refractivity (Wildman–Crippen MR) is 65.0 cm³/mol. The average molecular weight is 224 g/mol. The van der Waals surface area contributed by atoms with Gasteiger partial charge in [-0.1, -0.05) is 13.8 Å². The largest absolute Gasteiger partial charge is 0.396 e. The topological polar surface area (TPSA) is 84.1 Å². The van der Waals surface area contributed by atoms with E-state index >= 15 is 0 Å². The van der Waals surface area contributed by atoms with Gasteiger partial charge in [0.05, 0.1) is 11.9 Å². The number of aromatic nitrogens is 2. The van der Waals surface area contributed by atoms with Crippen LogP contribution in [0.4, 0.5) is 11.5 Å². The minimum Gasteiger partial charge on any atom is -0.396 e. The van der Waals surface area contributed by atoms with Crippen LogP contribution in [0.1, 0.15) is 26.7 Å². The van der Waals surface area contributed by atoms with Gasteiger partial charge >= 0.3 is 0 Å². The van der Waals surface area contributed by atoms with Crippen LogP contribution >= 0.6 is 0 Å². The number of anilines is 2. The standard InChI is InChI=1S/C11H20N4O/c1-11(2,4-3-5-16)7-14-10-9(12)6-13-8-15-10/h6,8,16H,3-5,7,12H2,1-2H3,(H,13,14,15). The highest BCUT2D eigenvalue weighted by atomic mass is 16.2. The van der Waals surface area contributed by atoms with Crippen LogP contribution in [-0.2, 0) is 0 Å². The van der Waals surface area contributed by atoms with E-state index in [0.29, 0.717) is 11.5 Å². The summed E-state index contributed by atoms with van der Waals surface area (Å²) in [4.78, 5) is 7.89. The average Bonchev–Trinajstić information content (AvgIpc) is 2.26. The number of aliphatic hydroxyl groups is 1. The van der Waals surface area contributed by atoms with E-state index in [2.05, 4.69) is 29.1 Å². The van der Waals surface area contributed by atoms with E-state index in [9.17, 15) is 0 Å². The van der Waals surface area contributed by atoms with Gasteiger partial charge in [0.15, 0.2) is 5.82 Å². The molecule has 0 saturated heterocycles. The number of aliphatic hydroxyl groups excluding tert-OH is 1. The molecule has 0 aromatic carbocycles. The minimum atomic E-state index is 0.111. The second-order valence-electron chi connectivity index (χ2n) is 4.67. The van der Waals surface area contributed by atoms with Crippen molar-refractivity contribution in [3.8, 4) is 0 Å². The molecule has 0 aliphatic heterocycles. The van der Waals surface area contributed by atoms with Crippen molar-refractivity contribution < 1.29 is 5.11 Å². The second kappa shape index (κ2) is 5.65. The van der Waals surface area contributed by atoms with E-state index in [0.717, 1.165) is 19.4 Å². The normalized spacial score (nSPS) is 11.4. The molecular weight excluding hydrogens is 204 g/mol. The first-order valence-corrected chi connectivity index (χ1v) is 5.45. The molecule has 0 saturated carbocycles. The first-order chi connectivity index (χ1) is 7.55. The molecule has 0 aliphatic rings. The quantitative estimate of drug-likeness (QED) is 0.677. The molecule has 0 atom stereocenters. The Morgan fingerprint density at radius 1 is 1.50 bits per heavy atom. The number of nitrogens with one attached hydrogen (secondary N) is 1. The molecular formula is C11H20N4O. The zero-order valence-corrected chi connectivity index (χ0v) is 9.90. The number of hydrogen-bond acceptors (Lipinski definition) is 5. The summed E-state index contributed by atoms with van der Waals surface area (Å²) in [5, 5.41) is 12.0. The highest BCUT2D eigenvalue weighted by Gasteiger charge is 2.17. The summed E-state index contributed by atoms with van der Waals surface area (Å²) in [6.07, 6.45) is 4.82. The zero-order chi connectivity index (χ0) is 12.0. The zero-order valence-electron chi connectivity index (χ0n) is 9.90. The number of nitrogens with zero attached hydrogens (tertiary/aromatic N) is 2. The summed E-state index contributed by atoms with van der Waals surface area (Å²) in [7, 11) is 0. The summed E-state index contributed by atoms with van der Waals surface area (Å²) in [5.74, 6) is 0.673. The third-order valence-corrected chi connectivity index (χ3v) is 2.49. The summed E-state index contributed by atoms with van der Waals surface area (Å²) in [5.41, 5.74) is 6.39. The monoisotopic (exact) mass is 224 g/mol. The Kier molecular flexibility index (Phi) is 4.49. The van der Waals surface area contributed by atoms with E-state index in [-0.39, 0.29) is 12.0 Å². The molecule has 1 rings (SSSR count). The fourth-order valence-electron chi connectivity index (χ4n) is 1.46. The van der Waals surface area contributed by atoms with Crippen LogP contribution in [0.5, 0.6) is 0 Å². The molecule has 16 heavy (non-hydrogen) atoms. The third-order valence-electron chi connectivity index (χ3n) is 2.49. The van der Waals surface area contributed by atoms with Crippen LogP contribution < -0.4 is 11.1 Å². The SMILES string of the molecule is CC(C)(CCCO)CNc1ncncc1N. The van der Waals surface area contributed by atoms with Gasteiger partial charge in [-0.15, -0.1) is 0 Å². The molecule has 0 fully saturated rings. The van der Waals surface area contributed by atoms with Gasteiger partial charge in [-0.05, 0) is 18.3 Å². The molecule has 0 bridgehead atoms. The van der Waals surface area contributed by atoms with Gasteiger partial charge < -0.3 is 16.2 Å². The lowest BCUT2D eigenvalue weighted by Gasteiger charge is -2.25. The second-order valence-corrected chi connectivity index (χ2v) is 4.67. The van der Waals surface area contributed by atoms with Crippen LogP contribution in [0.2, 0.25) is 0 Å². The maximum atomic E-state index is 8.80. The molecule has 90 valence electrons. The highest BCUT2D eigenvalue weighted by molar-refractivity contribution is 5.58. The summed E-state index contributed by atoms with van der Waals surface area (Å²) < 4.78 is 0. The van der Waals surface area contributed by atoms with Crippen molar-refractivity contribution in [2.45, 2.75) is 26.7 Å². The van der Waals surface area contributed by atoms with E-state index in [1.54, 1.807) is 6.20 Å². The fourth-order valence-corrected chi connectivity index (χ4v) is 1.46. The van der Waals surface area contributed by atoms with Crippen molar-refractivity contribution in [1.82, 2.24) is 9.97 Å². The Bertz CT molecular complexity index is 328. The first-order valence-electron chi connectivity index (χ1n) is 5.45. The smallest absolute Gasteiger partial charge is 0.152 e. The molecule has 0 aliphatic carbocycles. The molecule has 5 heteroatoms. The van der Waals surface area contributed by atoms with Crippen molar-refractivity contribution in [3.05, 3.63) is 12.5 Å². The number of nitrogen functional groups attached to an aromatic ring is 1. The van der Waals surface area contributed by atoms with E-state index < -0.39 is 0 Å². The van der Waals surface area contributed by atoms with E-state index in [4.69, 9.17) is 10.8 Å². The molecule has 0 radical (unpaired) electrons. The van der Waals surface area contributed by atoms with Crippen LogP contribution in [-0.4, -0.2) is 28.2 Å². The van der Waals surface area contributed by atoms with Gasteiger partial charge in [0, 0.05) is 13.2 Å². The maximum absolute atomic E-state index is 8.80. The fraction of sp³-hybridized carbons (Fsp3) is 0.636. The van der Waals surface area contributed by atoms with Crippen LogP contribution in [0, 0.1) is 5.41 Å². The predicted octanol–water partition coefficient (Wildman–Crippen LogP) is 1.27. The summed E-state index contributed by atoms with van der Waals surface area (Å²) >= 11 is 0. The van der Waals surface area contributed by atoms with Gasteiger partial charge in [-0.2, -0.15) is 0 Å². The lowest BCUT2D eigenvalue weighted by Crippen LogP contribution is -2.24. The molecule has 5 nitrogen and oxygen atoms in total. The molecule has 0 spiro atoms.